The van der Waals surface area contributed by atoms with E-state index in [0.29, 0.717) is 22.3 Å². The van der Waals surface area contributed by atoms with Gasteiger partial charge in [0, 0.05) is 30.9 Å². The van der Waals surface area contributed by atoms with Crippen LogP contribution in [-0.4, -0.2) is 68.9 Å². The summed E-state index contributed by atoms with van der Waals surface area (Å²) in [5.41, 5.74) is 7.75. The maximum atomic E-state index is 12.8. The van der Waals surface area contributed by atoms with Crippen LogP contribution in [0.25, 0.3) is 22.3 Å². The number of carbonyl (C=O) groups excluding carboxylic acids is 1. The highest BCUT2D eigenvalue weighted by Gasteiger charge is 2.48. The number of ether oxygens (including phenoxy) is 1. The number of nitrogens with one attached hydrogen (secondary N) is 1. The number of nitrogen functional groups attached to an aromatic ring is 1. The Morgan fingerprint density at radius 1 is 1.26 bits per heavy atom. The Hall–Kier alpha value is -3.46. The molecule has 0 saturated carbocycles. The van der Waals surface area contributed by atoms with Gasteiger partial charge in [0.15, 0.2) is 12.3 Å². The van der Waals surface area contributed by atoms with Crippen molar-refractivity contribution in [2.24, 2.45) is 7.05 Å². The van der Waals surface area contributed by atoms with Crippen LogP contribution in [0.15, 0.2) is 24.8 Å². The van der Waals surface area contributed by atoms with E-state index in [0.717, 1.165) is 5.01 Å². The number of hydrogen-bond acceptors (Lipinski definition) is 11. The first-order valence-electron chi connectivity index (χ1n) is 10.5. The third-order valence-corrected chi connectivity index (χ3v) is 6.70. The number of carbonyl (C=O) groups is 1. The summed E-state index contributed by atoms with van der Waals surface area (Å²) < 4.78 is 9.01. The van der Waals surface area contributed by atoms with Crippen molar-refractivity contribution in [3.05, 3.63) is 29.8 Å². The predicted octanol–water partition coefficient (Wildman–Crippen LogP) is 0.647. The predicted molar refractivity (Wildman–Crippen MR) is 123 cm³/mol. The Bertz CT molecular complexity index is 1360. The summed E-state index contributed by atoms with van der Waals surface area (Å²) >= 11 is 1.23. The van der Waals surface area contributed by atoms with E-state index >= 15 is 0 Å². The molecule has 5 N–H and O–H groups in total. The normalized spacial score (nSPS) is 22.6. The first-order valence-corrected chi connectivity index (χ1v) is 11.3. The van der Waals surface area contributed by atoms with Crippen LogP contribution in [0.4, 0.5) is 10.9 Å². The minimum atomic E-state index is -1.49. The molecule has 1 fully saturated rings. The van der Waals surface area contributed by atoms with Crippen molar-refractivity contribution < 1.29 is 19.7 Å². The maximum absolute atomic E-state index is 12.8. The lowest BCUT2D eigenvalue weighted by Gasteiger charge is -2.17. The fourth-order valence-electron chi connectivity index (χ4n) is 3.86. The minimum absolute atomic E-state index is 0.160. The lowest BCUT2D eigenvalue weighted by Crippen LogP contribution is -2.39. The molecule has 4 aromatic rings. The van der Waals surface area contributed by atoms with Gasteiger partial charge in [0.25, 0.3) is 5.91 Å². The van der Waals surface area contributed by atoms with E-state index in [9.17, 15) is 15.0 Å². The molecule has 4 aromatic heterocycles. The van der Waals surface area contributed by atoms with Crippen LogP contribution < -0.4 is 11.1 Å². The van der Waals surface area contributed by atoms with Crippen LogP contribution in [0.2, 0.25) is 0 Å². The Labute approximate surface area is 197 Å². The molecule has 5 rings (SSSR count). The molecule has 0 radical (unpaired) electrons. The summed E-state index contributed by atoms with van der Waals surface area (Å²) in [7, 11) is 1.79. The first-order chi connectivity index (χ1) is 16.2. The van der Waals surface area contributed by atoms with Gasteiger partial charge in [-0.15, -0.1) is 10.2 Å². The topological polar surface area (TPSA) is 179 Å². The second kappa shape index (κ2) is 8.39. The van der Waals surface area contributed by atoms with Crippen LogP contribution in [0.3, 0.4) is 0 Å². The second-order valence-electron chi connectivity index (χ2n) is 8.30. The number of amides is 1. The molecule has 1 amide bonds. The summed E-state index contributed by atoms with van der Waals surface area (Å²) in [6.07, 6.45) is -0.625. The molecule has 0 bridgehead atoms. The molecule has 178 valence electrons. The monoisotopic (exact) mass is 485 g/mol. The molecule has 5 heterocycles. The van der Waals surface area contributed by atoms with Crippen LogP contribution in [0.1, 0.15) is 31.0 Å². The fraction of sp³-hybridized carbons (Fsp3) is 0.400. The zero-order valence-electron chi connectivity index (χ0n) is 18.5. The number of aromatic nitrogens is 7. The summed E-state index contributed by atoms with van der Waals surface area (Å²) in [4.78, 5) is 21.2. The van der Waals surface area contributed by atoms with Crippen molar-refractivity contribution in [3.63, 3.8) is 0 Å². The number of hydrogen-bond donors (Lipinski definition) is 4. The summed E-state index contributed by atoms with van der Waals surface area (Å²) in [6.45, 7) is 3.93. The number of rotatable bonds is 5. The molecule has 0 aliphatic carbocycles. The van der Waals surface area contributed by atoms with Gasteiger partial charge >= 0.3 is 0 Å². The van der Waals surface area contributed by atoms with Crippen molar-refractivity contribution in [2.45, 2.75) is 44.3 Å². The molecule has 4 atom stereocenters. The van der Waals surface area contributed by atoms with Crippen LogP contribution in [0.5, 0.6) is 0 Å². The van der Waals surface area contributed by atoms with E-state index < -0.39 is 30.4 Å². The van der Waals surface area contributed by atoms with Crippen LogP contribution in [-0.2, 0) is 16.6 Å². The molecule has 1 aliphatic rings. The average molecular weight is 486 g/mol. The van der Waals surface area contributed by atoms with E-state index in [-0.39, 0.29) is 16.9 Å². The number of anilines is 2. The van der Waals surface area contributed by atoms with Gasteiger partial charge in [-0.1, -0.05) is 25.2 Å². The van der Waals surface area contributed by atoms with E-state index in [4.69, 9.17) is 10.5 Å². The number of aliphatic hydroxyl groups is 2. The third-order valence-electron chi connectivity index (χ3n) is 5.56. The Morgan fingerprint density at radius 3 is 2.74 bits per heavy atom. The highest BCUT2D eigenvalue weighted by Crippen LogP contribution is 2.38. The third kappa shape index (κ3) is 3.69. The van der Waals surface area contributed by atoms with E-state index in [1.165, 1.54) is 22.2 Å². The molecule has 14 heteroatoms. The molecule has 13 nitrogen and oxygen atoms in total. The molecule has 1 saturated heterocycles. The Morgan fingerprint density at radius 2 is 2.06 bits per heavy atom. The molecule has 0 spiro atoms. The molecule has 0 aromatic carbocycles. The van der Waals surface area contributed by atoms with Gasteiger partial charge in [-0.3, -0.25) is 14.8 Å². The summed E-state index contributed by atoms with van der Waals surface area (Å²) in [6, 6.07) is 1.80. The van der Waals surface area contributed by atoms with Gasteiger partial charge in [-0.2, -0.15) is 5.10 Å². The Kier molecular flexibility index (Phi) is 5.51. The van der Waals surface area contributed by atoms with Crippen molar-refractivity contribution in [2.75, 3.05) is 11.1 Å². The van der Waals surface area contributed by atoms with Gasteiger partial charge in [0.2, 0.25) is 5.13 Å². The number of aryl methyl sites for hydroxylation is 1. The SMILES string of the molecule is CC(C)c1nnc(NC(=O)[C@H]2O[C@@H](n3cc(-c4ccn(C)n4)c4c(N)ncnc43)[C@H](O)[C@@H]2O)s1. The smallest absolute Gasteiger partial charge is 0.258 e. The Balaban J connectivity index is 1.47. The first kappa shape index (κ1) is 22.3. The molecule has 0 unspecified atom stereocenters. The van der Waals surface area contributed by atoms with Crippen LogP contribution >= 0.6 is 11.3 Å². The van der Waals surface area contributed by atoms with Crippen molar-refractivity contribution in [1.82, 2.24) is 34.5 Å². The molecule has 34 heavy (non-hydrogen) atoms. The van der Waals surface area contributed by atoms with Gasteiger partial charge in [-0.25, -0.2) is 9.97 Å². The lowest BCUT2D eigenvalue weighted by molar-refractivity contribution is -0.132. The van der Waals surface area contributed by atoms with E-state index in [2.05, 4.69) is 30.6 Å². The zero-order valence-corrected chi connectivity index (χ0v) is 19.3. The molecule has 1 aliphatic heterocycles. The van der Waals surface area contributed by atoms with Crippen molar-refractivity contribution in [3.8, 4) is 11.3 Å². The largest absolute Gasteiger partial charge is 0.387 e. The standard InChI is InChI=1S/C20H23N9O4S/c1-8(2)18-25-26-20(34-18)24-17(32)14-12(30)13(31)19(33-14)29-6-9(10-4-5-28(3)27-10)11-15(21)22-7-23-16(11)29/h4-8,12-14,19,30-31H,1-3H3,(H2,21,22,23)(H,24,26,32)/t12-,13+,14-,19+/m0/s1. The summed E-state index contributed by atoms with van der Waals surface area (Å²) in [5, 5.41) is 38.0. The minimum Gasteiger partial charge on any atom is -0.387 e. The van der Waals surface area contributed by atoms with Crippen molar-refractivity contribution in [1.29, 1.82) is 0 Å². The van der Waals surface area contributed by atoms with Gasteiger partial charge in [0.1, 0.15) is 35.0 Å². The zero-order chi connectivity index (χ0) is 24.1. The number of fused-ring (bicyclic) bond motifs is 1. The lowest BCUT2D eigenvalue weighted by atomic mass is 10.1. The maximum Gasteiger partial charge on any atom is 0.258 e. The average Bonchev–Trinajstić information content (AvgIpc) is 3.56. The fourth-order valence-corrected chi connectivity index (χ4v) is 4.60. The second-order valence-corrected chi connectivity index (χ2v) is 9.31. The van der Waals surface area contributed by atoms with E-state index in [1.807, 2.05) is 13.8 Å². The highest BCUT2D eigenvalue weighted by atomic mass is 32.1. The number of nitrogens with zero attached hydrogens (tertiary/aromatic N) is 7. The van der Waals surface area contributed by atoms with Crippen molar-refractivity contribution >= 4 is 39.2 Å². The van der Waals surface area contributed by atoms with Gasteiger partial charge in [0.05, 0.1) is 11.1 Å². The molecular weight excluding hydrogens is 462 g/mol. The quantitative estimate of drug-likeness (QED) is 0.313. The van der Waals surface area contributed by atoms with Gasteiger partial charge < -0.3 is 25.3 Å². The van der Waals surface area contributed by atoms with Gasteiger partial charge in [-0.05, 0) is 6.07 Å². The number of aliphatic hydroxyl groups excluding tert-OH is 2. The highest BCUT2D eigenvalue weighted by molar-refractivity contribution is 7.15. The molecular formula is C20H23N9O4S. The van der Waals surface area contributed by atoms with Crippen LogP contribution in [0, 0.1) is 0 Å². The number of nitrogens with two attached hydrogens (primary N) is 1. The van der Waals surface area contributed by atoms with E-state index in [1.54, 1.807) is 30.2 Å². The summed E-state index contributed by atoms with van der Waals surface area (Å²) in [5.74, 6) is -0.257.